The number of carbonyl (C=O) groups excluding carboxylic acids is 3. The SMILES string of the molecule is CCOc1ccc(N2C(=O)CC(N(CCc3ccc(OC)c(OC)c3)C(=O)c3ccc(F)cc3)C2=O)cc1. The van der Waals surface area contributed by atoms with E-state index < -0.39 is 29.6 Å². The number of methoxy groups -OCH3 is 2. The number of hydrogen-bond donors (Lipinski definition) is 0. The second-order valence-corrected chi connectivity index (χ2v) is 8.66. The minimum atomic E-state index is -1.01. The zero-order valence-electron chi connectivity index (χ0n) is 21.5. The summed E-state index contributed by atoms with van der Waals surface area (Å²) in [5.41, 5.74) is 1.47. The number of benzene rings is 3. The number of halogens is 1. The van der Waals surface area contributed by atoms with E-state index >= 15 is 0 Å². The molecule has 1 aliphatic heterocycles. The summed E-state index contributed by atoms with van der Waals surface area (Å²) < 4.78 is 29.6. The molecule has 8 nitrogen and oxygen atoms in total. The summed E-state index contributed by atoms with van der Waals surface area (Å²) in [5.74, 6) is -0.130. The van der Waals surface area contributed by atoms with Crippen LogP contribution in [0.15, 0.2) is 66.7 Å². The molecule has 9 heteroatoms. The van der Waals surface area contributed by atoms with Crippen molar-refractivity contribution < 1.29 is 33.0 Å². The van der Waals surface area contributed by atoms with Crippen LogP contribution in [0, 0.1) is 5.82 Å². The molecule has 1 atom stereocenters. The fourth-order valence-electron chi connectivity index (χ4n) is 4.43. The van der Waals surface area contributed by atoms with E-state index in [1.807, 2.05) is 13.0 Å². The van der Waals surface area contributed by atoms with Crippen molar-refractivity contribution in [3.05, 3.63) is 83.7 Å². The first-order valence-corrected chi connectivity index (χ1v) is 12.2. The largest absolute Gasteiger partial charge is 0.494 e. The van der Waals surface area contributed by atoms with Crippen LogP contribution >= 0.6 is 0 Å². The molecule has 1 heterocycles. The summed E-state index contributed by atoms with van der Waals surface area (Å²) in [5, 5.41) is 0. The molecule has 0 radical (unpaired) electrons. The topological polar surface area (TPSA) is 85.4 Å². The van der Waals surface area contributed by atoms with Gasteiger partial charge in [-0.15, -0.1) is 0 Å². The zero-order chi connectivity index (χ0) is 27.2. The van der Waals surface area contributed by atoms with Crippen LogP contribution in [0.5, 0.6) is 17.2 Å². The lowest BCUT2D eigenvalue weighted by Crippen LogP contribution is -2.46. The average Bonchev–Trinajstić information content (AvgIpc) is 3.22. The Morgan fingerprint density at radius 1 is 0.974 bits per heavy atom. The molecule has 0 saturated carbocycles. The van der Waals surface area contributed by atoms with Gasteiger partial charge >= 0.3 is 0 Å². The number of hydrogen-bond acceptors (Lipinski definition) is 6. The number of rotatable bonds is 10. The Hall–Kier alpha value is -4.40. The van der Waals surface area contributed by atoms with E-state index in [9.17, 15) is 18.8 Å². The van der Waals surface area contributed by atoms with Crippen molar-refractivity contribution in [2.24, 2.45) is 0 Å². The molecule has 38 heavy (non-hydrogen) atoms. The van der Waals surface area contributed by atoms with E-state index in [2.05, 4.69) is 0 Å². The number of ether oxygens (including phenoxy) is 3. The number of amides is 3. The number of carbonyl (C=O) groups is 3. The van der Waals surface area contributed by atoms with Crippen molar-refractivity contribution in [2.45, 2.75) is 25.8 Å². The molecule has 0 aliphatic carbocycles. The lowest BCUT2D eigenvalue weighted by atomic mass is 10.1. The second-order valence-electron chi connectivity index (χ2n) is 8.66. The summed E-state index contributed by atoms with van der Waals surface area (Å²) in [6, 6.07) is 16.2. The van der Waals surface area contributed by atoms with Crippen LogP contribution in [0.1, 0.15) is 29.3 Å². The van der Waals surface area contributed by atoms with E-state index in [4.69, 9.17) is 14.2 Å². The summed E-state index contributed by atoms with van der Waals surface area (Å²) >= 11 is 0. The van der Waals surface area contributed by atoms with Crippen molar-refractivity contribution >= 4 is 23.4 Å². The molecule has 1 aliphatic rings. The Labute approximate surface area is 220 Å². The van der Waals surface area contributed by atoms with Gasteiger partial charge in [-0.05, 0) is 79.6 Å². The maximum Gasteiger partial charge on any atom is 0.257 e. The van der Waals surface area contributed by atoms with Gasteiger partial charge in [0.2, 0.25) is 5.91 Å². The molecule has 3 aromatic rings. The van der Waals surface area contributed by atoms with Crippen LogP contribution in [-0.2, 0) is 16.0 Å². The molecule has 4 rings (SSSR count). The van der Waals surface area contributed by atoms with Crippen LogP contribution in [-0.4, -0.2) is 56.0 Å². The molecule has 0 aromatic heterocycles. The van der Waals surface area contributed by atoms with Crippen LogP contribution in [0.25, 0.3) is 0 Å². The first-order valence-electron chi connectivity index (χ1n) is 12.2. The van der Waals surface area contributed by atoms with Gasteiger partial charge in [-0.25, -0.2) is 9.29 Å². The van der Waals surface area contributed by atoms with E-state index in [-0.39, 0.29) is 18.5 Å². The number of imide groups is 1. The van der Waals surface area contributed by atoms with Gasteiger partial charge in [-0.3, -0.25) is 14.4 Å². The van der Waals surface area contributed by atoms with Crippen molar-refractivity contribution in [3.63, 3.8) is 0 Å². The first-order chi connectivity index (χ1) is 18.4. The van der Waals surface area contributed by atoms with Crippen LogP contribution in [0.3, 0.4) is 0 Å². The molecule has 0 spiro atoms. The van der Waals surface area contributed by atoms with Crippen LogP contribution < -0.4 is 19.1 Å². The molecule has 3 aromatic carbocycles. The van der Waals surface area contributed by atoms with Crippen molar-refractivity contribution in [1.82, 2.24) is 4.90 Å². The van der Waals surface area contributed by atoms with Gasteiger partial charge in [0, 0.05) is 12.1 Å². The van der Waals surface area contributed by atoms with Crippen molar-refractivity contribution in [1.29, 1.82) is 0 Å². The smallest absolute Gasteiger partial charge is 0.257 e. The molecule has 1 unspecified atom stereocenters. The van der Waals surface area contributed by atoms with E-state index in [1.54, 1.807) is 43.5 Å². The second kappa shape index (κ2) is 11.8. The Kier molecular flexibility index (Phi) is 8.25. The van der Waals surface area contributed by atoms with E-state index in [1.165, 1.54) is 36.3 Å². The van der Waals surface area contributed by atoms with Gasteiger partial charge < -0.3 is 19.1 Å². The molecule has 198 valence electrons. The molecule has 1 saturated heterocycles. The monoisotopic (exact) mass is 520 g/mol. The Morgan fingerprint density at radius 3 is 2.29 bits per heavy atom. The molecular formula is C29H29FN2O6. The summed E-state index contributed by atoms with van der Waals surface area (Å²) in [7, 11) is 3.07. The van der Waals surface area contributed by atoms with Gasteiger partial charge in [0.15, 0.2) is 11.5 Å². The van der Waals surface area contributed by atoms with Gasteiger partial charge in [0.05, 0.1) is 32.9 Å². The minimum Gasteiger partial charge on any atom is -0.494 e. The minimum absolute atomic E-state index is 0.145. The Morgan fingerprint density at radius 2 is 1.66 bits per heavy atom. The number of nitrogens with zero attached hydrogens (tertiary/aromatic N) is 2. The fourth-order valence-corrected chi connectivity index (χ4v) is 4.43. The maximum atomic E-state index is 13.6. The van der Waals surface area contributed by atoms with Gasteiger partial charge in [0.1, 0.15) is 17.6 Å². The van der Waals surface area contributed by atoms with Crippen molar-refractivity contribution in [3.8, 4) is 17.2 Å². The summed E-state index contributed by atoms with van der Waals surface area (Å²) in [6.45, 7) is 2.50. The molecule has 0 bridgehead atoms. The highest BCUT2D eigenvalue weighted by Gasteiger charge is 2.44. The zero-order valence-corrected chi connectivity index (χ0v) is 21.5. The third-order valence-corrected chi connectivity index (χ3v) is 6.35. The highest BCUT2D eigenvalue weighted by molar-refractivity contribution is 6.23. The van der Waals surface area contributed by atoms with Gasteiger partial charge in [-0.1, -0.05) is 6.07 Å². The van der Waals surface area contributed by atoms with E-state index in [0.717, 1.165) is 10.5 Å². The normalized spacial score (nSPS) is 14.9. The third kappa shape index (κ3) is 5.61. The quantitative estimate of drug-likeness (QED) is 0.372. The Bertz CT molecular complexity index is 1310. The molecular weight excluding hydrogens is 491 g/mol. The predicted molar refractivity (Wildman–Crippen MR) is 139 cm³/mol. The summed E-state index contributed by atoms with van der Waals surface area (Å²) in [4.78, 5) is 42.6. The molecule has 3 amide bonds. The average molecular weight is 521 g/mol. The van der Waals surface area contributed by atoms with Gasteiger partial charge in [0.25, 0.3) is 11.8 Å². The maximum absolute atomic E-state index is 13.6. The molecule has 1 fully saturated rings. The predicted octanol–water partition coefficient (Wildman–Crippen LogP) is 4.26. The Balaban J connectivity index is 1.61. The van der Waals surface area contributed by atoms with Crippen LogP contribution in [0.2, 0.25) is 0 Å². The highest BCUT2D eigenvalue weighted by atomic mass is 19.1. The first kappa shape index (κ1) is 26.7. The standard InChI is InChI=1S/C29H29FN2O6/c1-4-38-23-12-10-22(11-13-23)32-27(33)18-24(29(32)35)31(28(34)20-6-8-21(30)9-7-20)16-15-19-5-14-25(36-2)26(17-19)37-3/h5-14,17,24H,4,15-16,18H2,1-3H3. The van der Waals surface area contributed by atoms with Gasteiger partial charge in [-0.2, -0.15) is 0 Å². The highest BCUT2D eigenvalue weighted by Crippen LogP contribution is 2.30. The summed E-state index contributed by atoms with van der Waals surface area (Å²) in [6.07, 6.45) is 0.221. The lowest BCUT2D eigenvalue weighted by molar-refractivity contribution is -0.122. The third-order valence-electron chi connectivity index (χ3n) is 6.35. The lowest BCUT2D eigenvalue weighted by Gasteiger charge is -2.28. The van der Waals surface area contributed by atoms with Crippen LogP contribution in [0.4, 0.5) is 10.1 Å². The number of anilines is 1. The fraction of sp³-hybridized carbons (Fsp3) is 0.276. The molecule has 0 N–H and O–H groups in total. The van der Waals surface area contributed by atoms with Crippen molar-refractivity contribution in [2.75, 3.05) is 32.3 Å². The van der Waals surface area contributed by atoms with E-state index in [0.29, 0.717) is 36.0 Å².